The minimum Gasteiger partial charge on any atom is -0.493 e. The van der Waals surface area contributed by atoms with Crippen molar-refractivity contribution in [3.63, 3.8) is 0 Å². The summed E-state index contributed by atoms with van der Waals surface area (Å²) in [5, 5.41) is 0. The molecule has 3 rings (SSSR count). The molecule has 1 fully saturated rings. The van der Waals surface area contributed by atoms with E-state index < -0.39 is 0 Å². The van der Waals surface area contributed by atoms with Gasteiger partial charge in [-0.2, -0.15) is 0 Å². The summed E-state index contributed by atoms with van der Waals surface area (Å²) in [6.45, 7) is 3.31. The summed E-state index contributed by atoms with van der Waals surface area (Å²) in [6, 6.07) is 4.86. The third kappa shape index (κ3) is 2.31. The van der Waals surface area contributed by atoms with Crippen molar-refractivity contribution < 1.29 is 9.13 Å². The van der Waals surface area contributed by atoms with E-state index in [0.717, 1.165) is 37.2 Å². The van der Waals surface area contributed by atoms with Crippen LogP contribution in [-0.2, 0) is 5.54 Å². The predicted octanol–water partition coefficient (Wildman–Crippen LogP) is 2.64. The van der Waals surface area contributed by atoms with Gasteiger partial charge in [0.1, 0.15) is 11.6 Å². The Morgan fingerprint density at radius 2 is 2.00 bits per heavy atom. The number of rotatable bonds is 2. The molecule has 1 saturated heterocycles. The molecular formula is C16H23FN2O. The van der Waals surface area contributed by atoms with Crippen LogP contribution in [0.2, 0.25) is 0 Å². The van der Waals surface area contributed by atoms with E-state index in [0.29, 0.717) is 13.2 Å². The van der Waals surface area contributed by atoms with Crippen LogP contribution >= 0.6 is 0 Å². The number of ether oxygens (including phenoxy) is 1. The summed E-state index contributed by atoms with van der Waals surface area (Å²) < 4.78 is 19.6. The van der Waals surface area contributed by atoms with Gasteiger partial charge in [-0.3, -0.25) is 4.90 Å². The number of nitrogens with zero attached hydrogens (tertiary/aromatic N) is 1. The van der Waals surface area contributed by atoms with Gasteiger partial charge in [0, 0.05) is 12.1 Å². The Morgan fingerprint density at radius 1 is 1.20 bits per heavy atom. The average Bonchev–Trinajstić information content (AvgIpc) is 2.68. The lowest BCUT2D eigenvalue weighted by Gasteiger charge is -2.45. The standard InChI is InChI=1S/C16H23FN2O/c17-13-5-6-15-14(11-13)16(12-18,7-4-10-20-15)19-8-2-1-3-9-19/h5-6,11H,1-4,7-10,12,18H2. The van der Waals surface area contributed by atoms with Gasteiger partial charge in [-0.1, -0.05) is 6.42 Å². The number of fused-ring (bicyclic) bond motifs is 1. The van der Waals surface area contributed by atoms with Gasteiger partial charge in [-0.25, -0.2) is 4.39 Å². The summed E-state index contributed by atoms with van der Waals surface area (Å²) in [6.07, 6.45) is 5.59. The molecule has 1 aromatic carbocycles. The van der Waals surface area contributed by atoms with E-state index in [2.05, 4.69) is 4.90 Å². The molecule has 3 nitrogen and oxygen atoms in total. The minimum absolute atomic E-state index is 0.205. The number of halogens is 1. The fourth-order valence-corrected chi connectivity index (χ4v) is 3.66. The molecule has 110 valence electrons. The highest BCUT2D eigenvalue weighted by Gasteiger charge is 2.41. The van der Waals surface area contributed by atoms with Crippen LogP contribution in [0.15, 0.2) is 18.2 Å². The van der Waals surface area contributed by atoms with Crippen LogP contribution in [0, 0.1) is 5.82 Å². The highest BCUT2D eigenvalue weighted by Crippen LogP contribution is 2.41. The summed E-state index contributed by atoms with van der Waals surface area (Å²) >= 11 is 0. The highest BCUT2D eigenvalue weighted by atomic mass is 19.1. The van der Waals surface area contributed by atoms with Gasteiger partial charge in [0.15, 0.2) is 0 Å². The first kappa shape index (κ1) is 13.8. The molecule has 20 heavy (non-hydrogen) atoms. The smallest absolute Gasteiger partial charge is 0.124 e. The monoisotopic (exact) mass is 278 g/mol. The topological polar surface area (TPSA) is 38.5 Å². The Morgan fingerprint density at radius 3 is 2.75 bits per heavy atom. The lowest BCUT2D eigenvalue weighted by atomic mass is 9.82. The maximum atomic E-state index is 13.8. The van der Waals surface area contributed by atoms with Crippen LogP contribution in [0.3, 0.4) is 0 Å². The fourth-order valence-electron chi connectivity index (χ4n) is 3.66. The maximum Gasteiger partial charge on any atom is 0.124 e. The third-order valence-corrected chi connectivity index (χ3v) is 4.73. The first-order valence-corrected chi connectivity index (χ1v) is 7.64. The van der Waals surface area contributed by atoms with Crippen LogP contribution in [-0.4, -0.2) is 31.1 Å². The molecule has 0 amide bonds. The van der Waals surface area contributed by atoms with Crippen molar-refractivity contribution in [1.29, 1.82) is 0 Å². The lowest BCUT2D eigenvalue weighted by Crippen LogP contribution is -2.53. The fraction of sp³-hybridized carbons (Fsp3) is 0.625. The number of likely N-dealkylation sites (tertiary alicyclic amines) is 1. The summed E-state index contributed by atoms with van der Waals surface area (Å²) in [7, 11) is 0. The quantitative estimate of drug-likeness (QED) is 0.904. The van der Waals surface area contributed by atoms with Crippen LogP contribution < -0.4 is 10.5 Å². The molecule has 2 aliphatic rings. The van der Waals surface area contributed by atoms with E-state index in [1.165, 1.54) is 25.3 Å². The second-order valence-electron chi connectivity index (χ2n) is 5.88. The number of hydrogen-bond donors (Lipinski definition) is 1. The predicted molar refractivity (Wildman–Crippen MR) is 77.3 cm³/mol. The first-order valence-electron chi connectivity index (χ1n) is 7.64. The molecule has 4 heteroatoms. The number of nitrogens with two attached hydrogens (primary N) is 1. The zero-order chi connectivity index (χ0) is 14.0. The minimum atomic E-state index is -0.256. The van der Waals surface area contributed by atoms with Crippen LogP contribution in [0.25, 0.3) is 0 Å². The lowest BCUT2D eigenvalue weighted by molar-refractivity contribution is 0.0622. The van der Waals surface area contributed by atoms with Crippen LogP contribution in [0.4, 0.5) is 4.39 Å². The second-order valence-corrected chi connectivity index (χ2v) is 5.88. The van der Waals surface area contributed by atoms with Crippen LogP contribution in [0.5, 0.6) is 5.75 Å². The molecule has 0 radical (unpaired) electrons. The Balaban J connectivity index is 2.06. The van der Waals surface area contributed by atoms with Crippen molar-refractivity contribution in [3.05, 3.63) is 29.6 Å². The molecule has 2 heterocycles. The maximum absolute atomic E-state index is 13.8. The summed E-state index contributed by atoms with van der Waals surface area (Å²) in [4.78, 5) is 2.46. The van der Waals surface area contributed by atoms with Crippen molar-refractivity contribution in [2.75, 3.05) is 26.2 Å². The molecule has 2 N–H and O–H groups in total. The van der Waals surface area contributed by atoms with Gasteiger partial charge in [0.25, 0.3) is 0 Å². The van der Waals surface area contributed by atoms with Crippen molar-refractivity contribution in [1.82, 2.24) is 4.90 Å². The van der Waals surface area contributed by atoms with E-state index in [1.807, 2.05) is 0 Å². The Labute approximate surface area is 119 Å². The third-order valence-electron chi connectivity index (χ3n) is 4.73. The molecule has 1 aromatic rings. The first-order chi connectivity index (χ1) is 9.76. The average molecular weight is 278 g/mol. The van der Waals surface area contributed by atoms with Gasteiger partial charge < -0.3 is 10.5 Å². The molecule has 1 atom stereocenters. The Bertz CT molecular complexity index is 474. The van der Waals surface area contributed by atoms with E-state index >= 15 is 0 Å². The zero-order valence-electron chi connectivity index (χ0n) is 11.9. The highest BCUT2D eigenvalue weighted by molar-refractivity contribution is 5.41. The van der Waals surface area contributed by atoms with Gasteiger partial charge in [0.05, 0.1) is 12.1 Å². The van der Waals surface area contributed by atoms with Crippen molar-refractivity contribution >= 4 is 0 Å². The SMILES string of the molecule is NCC1(N2CCCCC2)CCCOc2ccc(F)cc21. The van der Waals surface area contributed by atoms with E-state index in [-0.39, 0.29) is 11.4 Å². The van der Waals surface area contributed by atoms with E-state index in [9.17, 15) is 4.39 Å². The Kier molecular flexibility index (Phi) is 3.94. The van der Waals surface area contributed by atoms with Crippen LogP contribution in [0.1, 0.15) is 37.7 Å². The summed E-state index contributed by atoms with van der Waals surface area (Å²) in [5.74, 6) is 0.601. The Hall–Kier alpha value is -1.13. The summed E-state index contributed by atoms with van der Waals surface area (Å²) in [5.41, 5.74) is 6.87. The molecule has 2 aliphatic heterocycles. The van der Waals surface area contributed by atoms with E-state index in [1.54, 1.807) is 12.1 Å². The van der Waals surface area contributed by atoms with Gasteiger partial charge in [0.2, 0.25) is 0 Å². The largest absolute Gasteiger partial charge is 0.493 e. The molecule has 0 saturated carbocycles. The molecular weight excluding hydrogens is 255 g/mol. The molecule has 0 spiro atoms. The molecule has 0 bridgehead atoms. The van der Waals surface area contributed by atoms with Crippen molar-refractivity contribution in [3.8, 4) is 5.75 Å². The normalized spacial score (nSPS) is 27.5. The zero-order valence-corrected chi connectivity index (χ0v) is 11.9. The molecule has 0 aliphatic carbocycles. The van der Waals surface area contributed by atoms with Gasteiger partial charge >= 0.3 is 0 Å². The van der Waals surface area contributed by atoms with Gasteiger partial charge in [-0.15, -0.1) is 0 Å². The number of hydrogen-bond acceptors (Lipinski definition) is 3. The van der Waals surface area contributed by atoms with Crippen molar-refractivity contribution in [2.24, 2.45) is 5.73 Å². The number of benzene rings is 1. The van der Waals surface area contributed by atoms with E-state index in [4.69, 9.17) is 10.5 Å². The number of piperidine rings is 1. The van der Waals surface area contributed by atoms with Crippen molar-refractivity contribution in [2.45, 2.75) is 37.6 Å². The molecule has 1 unspecified atom stereocenters. The molecule has 0 aromatic heterocycles. The van der Waals surface area contributed by atoms with Gasteiger partial charge in [-0.05, 0) is 57.0 Å². The second kappa shape index (κ2) is 5.70.